The Morgan fingerprint density at radius 1 is 0.500 bits per heavy atom. The second kappa shape index (κ2) is 7.00. The Balaban J connectivity index is 2.00. The van der Waals surface area contributed by atoms with Crippen LogP contribution in [0.25, 0.3) is 10.8 Å². The molecule has 0 fully saturated rings. The highest BCUT2D eigenvalue weighted by Crippen LogP contribution is 2.42. The van der Waals surface area contributed by atoms with Gasteiger partial charge >= 0.3 is 0 Å². The third-order valence-corrected chi connectivity index (χ3v) is 4.69. The van der Waals surface area contributed by atoms with Crippen molar-refractivity contribution in [3.8, 4) is 11.5 Å². The first-order valence-electron chi connectivity index (χ1n) is 8.75. The van der Waals surface area contributed by atoms with E-state index < -0.39 is 23.1 Å². The first-order chi connectivity index (χ1) is 13.6. The maximum atomic E-state index is 13.0. The molecule has 0 atom stereocenters. The van der Waals surface area contributed by atoms with Crippen LogP contribution >= 0.6 is 0 Å². The summed E-state index contributed by atoms with van der Waals surface area (Å²) < 4.78 is 0. The van der Waals surface area contributed by atoms with Gasteiger partial charge in [0, 0.05) is 11.1 Å². The van der Waals surface area contributed by atoms with Crippen LogP contribution in [-0.2, 0) is 0 Å². The summed E-state index contributed by atoms with van der Waals surface area (Å²) in [5.41, 5.74) is 0.710. The lowest BCUT2D eigenvalue weighted by Gasteiger charge is -2.15. The van der Waals surface area contributed by atoms with Crippen LogP contribution in [0.1, 0.15) is 31.8 Å². The van der Waals surface area contributed by atoms with Crippen LogP contribution in [0.5, 0.6) is 11.5 Å². The predicted octanol–water partition coefficient (Wildman–Crippen LogP) is 4.71. The minimum atomic E-state index is -0.591. The van der Waals surface area contributed by atoms with Crippen molar-refractivity contribution in [2.45, 2.75) is 0 Å². The van der Waals surface area contributed by atoms with Gasteiger partial charge in [0.15, 0.2) is 23.1 Å². The molecule has 4 heteroatoms. The molecule has 0 aliphatic heterocycles. The van der Waals surface area contributed by atoms with Crippen LogP contribution in [0.15, 0.2) is 84.9 Å². The molecule has 0 aromatic heterocycles. The number of hydrogen-bond acceptors (Lipinski definition) is 4. The second-order valence-electron chi connectivity index (χ2n) is 6.38. The Labute approximate surface area is 161 Å². The van der Waals surface area contributed by atoms with Crippen molar-refractivity contribution < 1.29 is 19.8 Å². The van der Waals surface area contributed by atoms with E-state index >= 15 is 0 Å². The molecule has 28 heavy (non-hydrogen) atoms. The molecule has 4 aromatic carbocycles. The van der Waals surface area contributed by atoms with E-state index in [1.54, 1.807) is 84.9 Å². The molecule has 0 saturated heterocycles. The van der Waals surface area contributed by atoms with Gasteiger partial charge in [-0.1, -0.05) is 84.9 Å². The fraction of sp³-hybridized carbons (Fsp3) is 0. The smallest absolute Gasteiger partial charge is 0.197 e. The topological polar surface area (TPSA) is 74.6 Å². The van der Waals surface area contributed by atoms with E-state index in [0.717, 1.165) is 0 Å². The lowest BCUT2D eigenvalue weighted by Crippen LogP contribution is -2.08. The van der Waals surface area contributed by atoms with Crippen LogP contribution < -0.4 is 0 Å². The summed E-state index contributed by atoms with van der Waals surface area (Å²) in [7, 11) is 0. The van der Waals surface area contributed by atoms with Gasteiger partial charge in [0.2, 0.25) is 0 Å². The lowest BCUT2D eigenvalue weighted by atomic mass is 9.89. The van der Waals surface area contributed by atoms with E-state index in [4.69, 9.17) is 0 Å². The van der Waals surface area contributed by atoms with E-state index in [0.29, 0.717) is 21.9 Å². The molecule has 0 radical (unpaired) electrons. The number of carbonyl (C=O) groups excluding carboxylic acids is 2. The van der Waals surface area contributed by atoms with Crippen molar-refractivity contribution >= 4 is 22.3 Å². The van der Waals surface area contributed by atoms with Gasteiger partial charge in [0.1, 0.15) is 0 Å². The summed E-state index contributed by atoms with van der Waals surface area (Å²) in [5, 5.41) is 22.2. The molecule has 0 unspecified atom stereocenters. The molecule has 0 aliphatic carbocycles. The molecule has 2 N–H and O–H groups in total. The number of aromatic hydroxyl groups is 2. The molecule has 0 saturated carbocycles. The number of phenolic OH excluding ortho intramolecular Hbond substituents is 2. The summed E-state index contributed by atoms with van der Waals surface area (Å²) in [6.45, 7) is 0. The van der Waals surface area contributed by atoms with Crippen molar-refractivity contribution in [1.82, 2.24) is 0 Å². The van der Waals surface area contributed by atoms with Crippen molar-refractivity contribution in [2.24, 2.45) is 0 Å². The Hall–Kier alpha value is -3.92. The third kappa shape index (κ3) is 2.81. The van der Waals surface area contributed by atoms with Crippen molar-refractivity contribution in [2.75, 3.05) is 0 Å². The Bertz CT molecular complexity index is 1100. The lowest BCUT2D eigenvalue weighted by molar-refractivity contribution is 0.102. The maximum Gasteiger partial charge on any atom is 0.197 e. The summed E-state index contributed by atoms with van der Waals surface area (Å²) in [4.78, 5) is 26.1. The number of hydrogen-bond donors (Lipinski definition) is 2. The molecular weight excluding hydrogens is 352 g/mol. The van der Waals surface area contributed by atoms with E-state index in [2.05, 4.69) is 0 Å². The molecule has 0 spiro atoms. The Morgan fingerprint density at radius 2 is 0.821 bits per heavy atom. The Morgan fingerprint density at radius 3 is 1.18 bits per heavy atom. The first kappa shape index (κ1) is 17.5. The zero-order valence-corrected chi connectivity index (χ0v) is 14.8. The first-order valence-corrected chi connectivity index (χ1v) is 8.75. The van der Waals surface area contributed by atoms with Gasteiger partial charge < -0.3 is 10.2 Å². The maximum absolute atomic E-state index is 13.0. The van der Waals surface area contributed by atoms with Gasteiger partial charge in [-0.25, -0.2) is 0 Å². The average molecular weight is 368 g/mol. The zero-order valence-electron chi connectivity index (χ0n) is 14.8. The highest BCUT2D eigenvalue weighted by atomic mass is 16.3. The quantitative estimate of drug-likeness (QED) is 0.404. The molecule has 4 nitrogen and oxygen atoms in total. The number of phenols is 2. The van der Waals surface area contributed by atoms with Crippen LogP contribution in [0.2, 0.25) is 0 Å². The molecule has 4 rings (SSSR count). The number of ketones is 2. The highest BCUT2D eigenvalue weighted by Gasteiger charge is 2.27. The summed E-state index contributed by atoms with van der Waals surface area (Å²) >= 11 is 0. The van der Waals surface area contributed by atoms with Gasteiger partial charge in [-0.2, -0.15) is 0 Å². The minimum absolute atomic E-state index is 0.0242. The summed E-state index contributed by atoms with van der Waals surface area (Å²) in [6, 6.07) is 23.8. The van der Waals surface area contributed by atoms with Crippen LogP contribution in [-0.4, -0.2) is 21.8 Å². The highest BCUT2D eigenvalue weighted by molar-refractivity contribution is 6.25. The second-order valence-corrected chi connectivity index (χ2v) is 6.38. The fourth-order valence-electron chi connectivity index (χ4n) is 3.34. The van der Waals surface area contributed by atoms with Crippen molar-refractivity contribution in [1.29, 1.82) is 0 Å². The SMILES string of the molecule is O=C(c1ccccc1)c1c(O)c(O)c(C(=O)c2ccccc2)c2ccccc12. The summed E-state index contributed by atoms with van der Waals surface area (Å²) in [6.07, 6.45) is 0. The number of carbonyl (C=O) groups is 2. The predicted molar refractivity (Wildman–Crippen MR) is 107 cm³/mol. The number of fused-ring (bicyclic) bond motifs is 1. The van der Waals surface area contributed by atoms with Gasteiger partial charge in [-0.15, -0.1) is 0 Å². The molecule has 0 heterocycles. The molecule has 4 aromatic rings. The average Bonchev–Trinajstić information content (AvgIpc) is 2.75. The van der Waals surface area contributed by atoms with Crippen LogP contribution in [0.4, 0.5) is 0 Å². The Kier molecular flexibility index (Phi) is 4.38. The van der Waals surface area contributed by atoms with Gasteiger partial charge in [-0.3, -0.25) is 9.59 Å². The zero-order chi connectivity index (χ0) is 19.7. The van der Waals surface area contributed by atoms with Crippen molar-refractivity contribution in [3.63, 3.8) is 0 Å². The standard InChI is InChI=1S/C24H16O4/c25-21(15-9-3-1-4-10-15)19-17-13-7-8-14-18(17)20(24(28)23(19)27)22(26)16-11-5-2-6-12-16/h1-14,27-28H. The molecule has 0 amide bonds. The fourth-order valence-corrected chi connectivity index (χ4v) is 3.34. The van der Waals surface area contributed by atoms with E-state index in [1.165, 1.54) is 0 Å². The minimum Gasteiger partial charge on any atom is -0.504 e. The molecule has 0 aliphatic rings. The number of benzene rings is 4. The van der Waals surface area contributed by atoms with Crippen LogP contribution in [0, 0.1) is 0 Å². The van der Waals surface area contributed by atoms with E-state index in [9.17, 15) is 19.8 Å². The monoisotopic (exact) mass is 368 g/mol. The molecule has 0 bridgehead atoms. The molecular formula is C24H16O4. The normalized spacial score (nSPS) is 10.7. The largest absolute Gasteiger partial charge is 0.504 e. The van der Waals surface area contributed by atoms with Gasteiger partial charge in [0.05, 0.1) is 11.1 Å². The van der Waals surface area contributed by atoms with Crippen molar-refractivity contribution in [3.05, 3.63) is 107 Å². The summed E-state index contributed by atoms with van der Waals surface area (Å²) in [5.74, 6) is -2.04. The van der Waals surface area contributed by atoms with E-state index in [-0.39, 0.29) is 11.1 Å². The number of rotatable bonds is 4. The van der Waals surface area contributed by atoms with E-state index in [1.807, 2.05) is 0 Å². The third-order valence-electron chi connectivity index (χ3n) is 4.69. The molecule has 136 valence electrons. The van der Waals surface area contributed by atoms with Crippen LogP contribution in [0.3, 0.4) is 0 Å². The van der Waals surface area contributed by atoms with Gasteiger partial charge in [-0.05, 0) is 10.8 Å². The van der Waals surface area contributed by atoms with Gasteiger partial charge in [0.25, 0.3) is 0 Å².